The van der Waals surface area contributed by atoms with Crippen molar-refractivity contribution < 1.29 is 33.4 Å². The lowest BCUT2D eigenvalue weighted by atomic mass is 10.0. The van der Waals surface area contributed by atoms with E-state index in [1.165, 1.54) is 34.5 Å². The molecule has 32 heavy (non-hydrogen) atoms. The molecule has 2 amide bonds. The number of nitrogens with one attached hydrogen (secondary N) is 1. The number of amides is 2. The van der Waals surface area contributed by atoms with Crippen molar-refractivity contribution in [2.45, 2.75) is 84.8 Å². The average molecular weight is 459 g/mol. The van der Waals surface area contributed by atoms with Crippen LogP contribution in [0.25, 0.3) is 0 Å². The van der Waals surface area contributed by atoms with E-state index >= 15 is 0 Å². The molecule has 9 heteroatoms. The van der Waals surface area contributed by atoms with Crippen molar-refractivity contribution in [3.05, 3.63) is 12.2 Å². The van der Waals surface area contributed by atoms with E-state index in [-0.39, 0.29) is 11.9 Å². The maximum absolute atomic E-state index is 11.2. The molecule has 0 aliphatic carbocycles. The van der Waals surface area contributed by atoms with Gasteiger partial charge < -0.3 is 25.3 Å². The van der Waals surface area contributed by atoms with Crippen LogP contribution in [0.4, 0.5) is 0 Å². The lowest BCUT2D eigenvalue weighted by Gasteiger charge is -2.22. The molecule has 0 aromatic heterocycles. The number of primary amides is 1. The first-order valence-electron chi connectivity index (χ1n) is 11.1. The maximum Gasteiger partial charge on any atom is 0.303 e. The zero-order valence-corrected chi connectivity index (χ0v) is 20.5. The van der Waals surface area contributed by atoms with Gasteiger partial charge in [0.25, 0.3) is 0 Å². The quantitative estimate of drug-likeness (QED) is 0.401. The van der Waals surface area contributed by atoms with Gasteiger partial charge in [-0.15, -0.1) is 0 Å². The summed E-state index contributed by atoms with van der Waals surface area (Å²) in [4.78, 5) is 42.4. The van der Waals surface area contributed by atoms with Gasteiger partial charge in [0.1, 0.15) is 6.10 Å². The normalized spacial score (nSPS) is 16.0. The van der Waals surface area contributed by atoms with Gasteiger partial charge in [0, 0.05) is 33.9 Å². The maximum atomic E-state index is 11.2. The lowest BCUT2D eigenvalue weighted by molar-refractivity contribution is -0.158. The summed E-state index contributed by atoms with van der Waals surface area (Å²) in [5.74, 6) is -0.576. The number of nitrogens with two attached hydrogens (primary N) is 1. The number of rotatable bonds is 9. The molecule has 1 heterocycles. The summed E-state index contributed by atoms with van der Waals surface area (Å²) in [6, 6.07) is 0. The van der Waals surface area contributed by atoms with E-state index in [9.17, 15) is 19.2 Å². The summed E-state index contributed by atoms with van der Waals surface area (Å²) in [6.45, 7) is 7.79. The fourth-order valence-electron chi connectivity index (χ4n) is 2.57. The van der Waals surface area contributed by atoms with Crippen molar-refractivity contribution >= 4 is 23.8 Å². The van der Waals surface area contributed by atoms with Crippen molar-refractivity contribution in [3.8, 4) is 0 Å². The van der Waals surface area contributed by atoms with Gasteiger partial charge in [0.05, 0.1) is 7.11 Å². The first-order valence-corrected chi connectivity index (χ1v) is 11.1. The number of ether oxygens (including phenoxy) is 3. The molecule has 0 saturated carbocycles. The summed E-state index contributed by atoms with van der Waals surface area (Å²) >= 11 is 0. The van der Waals surface area contributed by atoms with Crippen molar-refractivity contribution in [3.63, 3.8) is 0 Å². The number of hydrogen-bond donors (Lipinski definition) is 2. The van der Waals surface area contributed by atoms with Crippen LogP contribution in [0.2, 0.25) is 0 Å². The summed E-state index contributed by atoms with van der Waals surface area (Å²) in [5, 5.41) is 2.81. The number of methoxy groups -OCH3 is 2. The number of allylic oxidation sites excluding steroid dienone is 2. The molecule has 3 atom stereocenters. The van der Waals surface area contributed by atoms with E-state index in [1.54, 1.807) is 0 Å². The number of hydrogen-bond acceptors (Lipinski definition) is 7. The summed E-state index contributed by atoms with van der Waals surface area (Å²) < 4.78 is 14.2. The Bertz CT molecular complexity index is 569. The van der Waals surface area contributed by atoms with Gasteiger partial charge in [0.2, 0.25) is 11.8 Å². The summed E-state index contributed by atoms with van der Waals surface area (Å²) in [7, 11) is 2.73. The van der Waals surface area contributed by atoms with E-state index < -0.39 is 24.1 Å². The Kier molecular flexibility index (Phi) is 20.3. The minimum absolute atomic E-state index is 0.225. The highest BCUT2D eigenvalue weighted by molar-refractivity contribution is 5.80. The predicted octanol–water partition coefficient (Wildman–Crippen LogP) is 2.66. The van der Waals surface area contributed by atoms with Gasteiger partial charge in [-0.3, -0.25) is 19.2 Å². The highest BCUT2D eigenvalue weighted by Crippen LogP contribution is 2.13. The lowest BCUT2D eigenvalue weighted by Crippen LogP contribution is -2.42. The van der Waals surface area contributed by atoms with E-state index in [1.807, 2.05) is 6.08 Å². The molecule has 3 N–H and O–H groups in total. The fourth-order valence-corrected chi connectivity index (χ4v) is 2.57. The Hall–Kier alpha value is -2.42. The largest absolute Gasteiger partial charge is 0.469 e. The van der Waals surface area contributed by atoms with Gasteiger partial charge in [-0.25, -0.2) is 0 Å². The number of esters is 2. The Morgan fingerprint density at radius 3 is 2.22 bits per heavy atom. The average Bonchev–Trinajstić information content (AvgIpc) is 2.98. The Labute approximate surface area is 192 Å². The third kappa shape index (κ3) is 19.5. The molecule has 1 aliphatic rings. The second kappa shape index (κ2) is 20.5. The van der Waals surface area contributed by atoms with Gasteiger partial charge in [-0.2, -0.15) is 0 Å². The van der Waals surface area contributed by atoms with Gasteiger partial charge in [-0.05, 0) is 31.6 Å². The van der Waals surface area contributed by atoms with Crippen molar-refractivity contribution in [1.29, 1.82) is 0 Å². The van der Waals surface area contributed by atoms with E-state index in [0.717, 1.165) is 32.2 Å². The second-order valence-corrected chi connectivity index (χ2v) is 7.45. The molecule has 186 valence electrons. The van der Waals surface area contributed by atoms with Crippen LogP contribution in [0.5, 0.6) is 0 Å². The molecule has 0 spiro atoms. The minimum atomic E-state index is -0.902. The summed E-state index contributed by atoms with van der Waals surface area (Å²) in [6.07, 6.45) is 9.06. The van der Waals surface area contributed by atoms with Gasteiger partial charge in [0.15, 0.2) is 6.10 Å². The van der Waals surface area contributed by atoms with Crippen LogP contribution in [-0.2, 0) is 33.4 Å². The Morgan fingerprint density at radius 2 is 1.75 bits per heavy atom. The highest BCUT2D eigenvalue weighted by atomic mass is 16.6. The van der Waals surface area contributed by atoms with E-state index in [0.29, 0.717) is 18.8 Å². The second-order valence-electron chi connectivity index (χ2n) is 7.45. The molecular formula is C23H42N2O7. The summed E-state index contributed by atoms with van der Waals surface area (Å²) in [5.41, 5.74) is 5.22. The van der Waals surface area contributed by atoms with Crippen molar-refractivity contribution in [2.75, 3.05) is 20.8 Å². The van der Waals surface area contributed by atoms with E-state index in [2.05, 4.69) is 30.0 Å². The van der Waals surface area contributed by atoms with Crippen LogP contribution in [0.15, 0.2) is 12.2 Å². The Morgan fingerprint density at radius 1 is 1.12 bits per heavy atom. The van der Waals surface area contributed by atoms with Gasteiger partial charge >= 0.3 is 11.9 Å². The standard InChI is InChI=1S/C14H25NO4.C6H11NO.C3H6O2/c1-5-10(2)8-6-7-9-12(19-11(3)16)13(18-4)14(15)17;8-6-4-2-1-3-5-7-6;1-3(4)5-2/h6,8,10,12-13H,5,7,9H2,1-4H3,(H2,15,17);1-5H2,(H,7,8);1-2H3/b8-6+;;. The van der Waals surface area contributed by atoms with Crippen LogP contribution in [0.1, 0.15) is 72.6 Å². The molecule has 1 rings (SSSR count). The Balaban J connectivity index is 0. The number of carbonyl (C=O) groups excluding carboxylic acids is 4. The molecular weight excluding hydrogens is 416 g/mol. The van der Waals surface area contributed by atoms with Gasteiger partial charge in [-0.1, -0.05) is 38.8 Å². The van der Waals surface area contributed by atoms with Crippen molar-refractivity contribution in [2.24, 2.45) is 11.7 Å². The van der Waals surface area contributed by atoms with Crippen LogP contribution in [-0.4, -0.2) is 56.7 Å². The van der Waals surface area contributed by atoms with Crippen LogP contribution in [0, 0.1) is 5.92 Å². The zero-order valence-electron chi connectivity index (χ0n) is 20.5. The monoisotopic (exact) mass is 458 g/mol. The molecule has 1 fully saturated rings. The first kappa shape index (κ1) is 31.8. The van der Waals surface area contributed by atoms with Crippen LogP contribution >= 0.6 is 0 Å². The minimum Gasteiger partial charge on any atom is -0.469 e. The third-order valence-electron chi connectivity index (χ3n) is 4.61. The van der Waals surface area contributed by atoms with E-state index in [4.69, 9.17) is 15.2 Å². The molecule has 0 radical (unpaired) electrons. The molecule has 0 aromatic rings. The smallest absolute Gasteiger partial charge is 0.303 e. The predicted molar refractivity (Wildman–Crippen MR) is 123 cm³/mol. The molecule has 3 unspecified atom stereocenters. The molecule has 1 aliphatic heterocycles. The van der Waals surface area contributed by atoms with Crippen LogP contribution < -0.4 is 11.1 Å². The van der Waals surface area contributed by atoms with Crippen LogP contribution in [0.3, 0.4) is 0 Å². The SMILES string of the molecule is CCC(C)/C=C/CCC(OC(C)=O)C(OC)C(N)=O.COC(C)=O.O=C1CCCCCN1. The number of carbonyl (C=O) groups is 4. The zero-order chi connectivity index (χ0) is 24.9. The molecule has 0 aromatic carbocycles. The molecule has 0 bridgehead atoms. The first-order chi connectivity index (χ1) is 15.1. The highest BCUT2D eigenvalue weighted by Gasteiger charge is 2.28. The third-order valence-corrected chi connectivity index (χ3v) is 4.61. The topological polar surface area (TPSA) is 134 Å². The van der Waals surface area contributed by atoms with Crippen molar-refractivity contribution in [1.82, 2.24) is 5.32 Å². The molecule has 9 nitrogen and oxygen atoms in total. The fraction of sp³-hybridized carbons (Fsp3) is 0.739. The molecule has 1 saturated heterocycles.